The zero-order chi connectivity index (χ0) is 20.2. The molecule has 0 radical (unpaired) electrons. The van der Waals surface area contributed by atoms with Crippen molar-refractivity contribution in [3.63, 3.8) is 0 Å². The number of hydrogen-bond donors (Lipinski definition) is 4. The van der Waals surface area contributed by atoms with Crippen LogP contribution in [0.3, 0.4) is 0 Å². The molecule has 5 heteroatoms. The first kappa shape index (κ1) is 21.9. The summed E-state index contributed by atoms with van der Waals surface area (Å²) in [6, 6.07) is 0. The van der Waals surface area contributed by atoms with Crippen LogP contribution in [0.25, 0.3) is 0 Å². The zero-order valence-electron chi connectivity index (χ0n) is 17.2. The van der Waals surface area contributed by atoms with Crippen LogP contribution in [-0.4, -0.2) is 27.5 Å². The van der Waals surface area contributed by atoms with E-state index in [1.807, 2.05) is 0 Å². The topological polar surface area (TPSA) is 90.2 Å². The van der Waals surface area contributed by atoms with Gasteiger partial charge in [-0.25, -0.2) is 0 Å². The first-order chi connectivity index (χ1) is 10.8. The first-order valence-electron chi connectivity index (χ1n) is 8.51. The minimum atomic E-state index is -1.33. The molecule has 1 aromatic carbocycles. The number of benzene rings is 1. The van der Waals surface area contributed by atoms with Gasteiger partial charge in [-0.2, -0.15) is 0 Å². The molecule has 0 unspecified atom stereocenters. The van der Waals surface area contributed by atoms with E-state index in [4.69, 9.17) is 4.74 Å². The SMILES string of the molecule is COc1c(C(C)(C)O)c(C(C)(C)O)c(C)c(C(C)(C)O)c1C(C)(C)O. The molecule has 25 heavy (non-hydrogen) atoms. The molecule has 144 valence electrons. The minimum absolute atomic E-state index is 0.278. The van der Waals surface area contributed by atoms with Gasteiger partial charge < -0.3 is 25.2 Å². The molecule has 0 bridgehead atoms. The Kier molecular flexibility index (Phi) is 5.46. The predicted molar refractivity (Wildman–Crippen MR) is 98.7 cm³/mol. The van der Waals surface area contributed by atoms with Gasteiger partial charge in [-0.3, -0.25) is 0 Å². The predicted octanol–water partition coefficient (Wildman–Crippen LogP) is 2.91. The molecule has 0 fully saturated rings. The Balaban J connectivity index is 4.37. The van der Waals surface area contributed by atoms with Crippen molar-refractivity contribution in [3.8, 4) is 5.75 Å². The summed E-state index contributed by atoms with van der Waals surface area (Å²) in [6.07, 6.45) is 0. The van der Waals surface area contributed by atoms with Gasteiger partial charge >= 0.3 is 0 Å². The van der Waals surface area contributed by atoms with Gasteiger partial charge in [-0.05, 0) is 79.0 Å². The van der Waals surface area contributed by atoms with Gasteiger partial charge in [0, 0.05) is 11.1 Å². The van der Waals surface area contributed by atoms with Crippen LogP contribution < -0.4 is 4.74 Å². The van der Waals surface area contributed by atoms with Crippen LogP contribution in [0.1, 0.15) is 83.2 Å². The summed E-state index contributed by atoms with van der Waals surface area (Å²) in [4.78, 5) is 0. The maximum absolute atomic E-state index is 10.8. The first-order valence-corrected chi connectivity index (χ1v) is 8.51. The number of rotatable bonds is 5. The average Bonchev–Trinajstić information content (AvgIpc) is 2.31. The van der Waals surface area contributed by atoms with E-state index in [1.54, 1.807) is 62.3 Å². The van der Waals surface area contributed by atoms with Crippen molar-refractivity contribution in [1.82, 2.24) is 0 Å². The summed E-state index contributed by atoms with van der Waals surface area (Å²) in [5.74, 6) is 0.278. The molecule has 0 spiro atoms. The molecule has 1 rings (SSSR count). The van der Waals surface area contributed by atoms with Crippen molar-refractivity contribution in [3.05, 3.63) is 27.8 Å². The van der Waals surface area contributed by atoms with Crippen LogP contribution in [0, 0.1) is 6.92 Å². The fourth-order valence-corrected chi connectivity index (χ4v) is 3.75. The van der Waals surface area contributed by atoms with Crippen LogP contribution in [-0.2, 0) is 22.4 Å². The van der Waals surface area contributed by atoms with E-state index in [1.165, 1.54) is 7.11 Å². The van der Waals surface area contributed by atoms with Crippen LogP contribution in [0.2, 0.25) is 0 Å². The molecular weight excluding hydrogens is 320 g/mol. The largest absolute Gasteiger partial charge is 0.496 e. The lowest BCUT2D eigenvalue weighted by Gasteiger charge is -2.39. The summed E-state index contributed by atoms with van der Waals surface area (Å²) < 4.78 is 5.61. The highest BCUT2D eigenvalue weighted by Crippen LogP contribution is 2.49. The van der Waals surface area contributed by atoms with Gasteiger partial charge in [0.05, 0.1) is 29.5 Å². The standard InChI is InChI=1S/C20H34O5/c1-11-12(17(2,3)21)14(19(6,7)23)16(25-10)15(20(8,9)24)13(11)18(4,5)22/h21-24H,1-10H3. The lowest BCUT2D eigenvalue weighted by molar-refractivity contribution is 0.0367. The Labute approximate surface area is 151 Å². The fourth-order valence-electron chi connectivity index (χ4n) is 3.75. The Bertz CT molecular complexity index is 594. The van der Waals surface area contributed by atoms with E-state index < -0.39 is 22.4 Å². The summed E-state index contributed by atoms with van der Waals surface area (Å²) in [6.45, 7) is 14.7. The van der Waals surface area contributed by atoms with Crippen molar-refractivity contribution >= 4 is 0 Å². The van der Waals surface area contributed by atoms with Gasteiger partial charge in [0.25, 0.3) is 0 Å². The lowest BCUT2D eigenvalue weighted by Crippen LogP contribution is -2.34. The van der Waals surface area contributed by atoms with E-state index >= 15 is 0 Å². The van der Waals surface area contributed by atoms with E-state index in [2.05, 4.69) is 0 Å². The summed E-state index contributed by atoms with van der Waals surface area (Å²) in [5.41, 5.74) is -2.82. The normalized spacial score (nSPS) is 14.0. The molecule has 0 aliphatic heterocycles. The molecule has 0 aromatic heterocycles. The van der Waals surface area contributed by atoms with Crippen LogP contribution in [0.15, 0.2) is 0 Å². The van der Waals surface area contributed by atoms with E-state index in [9.17, 15) is 20.4 Å². The van der Waals surface area contributed by atoms with E-state index in [0.717, 1.165) is 0 Å². The third-order valence-corrected chi connectivity index (χ3v) is 4.36. The highest BCUT2D eigenvalue weighted by molar-refractivity contribution is 5.62. The second-order valence-corrected chi connectivity index (χ2v) is 8.89. The van der Waals surface area contributed by atoms with Crippen LogP contribution in [0.5, 0.6) is 5.75 Å². The van der Waals surface area contributed by atoms with Gasteiger partial charge in [0.1, 0.15) is 5.75 Å². The van der Waals surface area contributed by atoms with E-state index in [-0.39, 0.29) is 5.75 Å². The van der Waals surface area contributed by atoms with Gasteiger partial charge in [0.2, 0.25) is 0 Å². The van der Waals surface area contributed by atoms with Crippen LogP contribution >= 0.6 is 0 Å². The Morgan fingerprint density at radius 1 is 0.560 bits per heavy atom. The van der Waals surface area contributed by atoms with Crippen LogP contribution in [0.4, 0.5) is 0 Å². The van der Waals surface area contributed by atoms with Crippen molar-refractivity contribution in [2.75, 3.05) is 7.11 Å². The number of methoxy groups -OCH3 is 1. The lowest BCUT2D eigenvalue weighted by atomic mass is 9.72. The summed E-state index contributed by atoms with van der Waals surface area (Å²) >= 11 is 0. The molecule has 0 amide bonds. The molecular formula is C20H34O5. The molecule has 0 saturated carbocycles. The summed E-state index contributed by atoms with van der Waals surface area (Å²) in [5, 5.41) is 43.3. The number of aliphatic hydroxyl groups is 4. The maximum atomic E-state index is 10.8. The third-order valence-electron chi connectivity index (χ3n) is 4.36. The Hall–Kier alpha value is -1.14. The van der Waals surface area contributed by atoms with E-state index in [0.29, 0.717) is 27.8 Å². The Morgan fingerprint density at radius 3 is 0.960 bits per heavy atom. The number of ether oxygens (including phenoxy) is 1. The zero-order valence-corrected chi connectivity index (χ0v) is 17.2. The van der Waals surface area contributed by atoms with Gasteiger partial charge in [-0.1, -0.05) is 0 Å². The second kappa shape index (κ2) is 6.23. The highest BCUT2D eigenvalue weighted by atomic mass is 16.5. The molecule has 4 N–H and O–H groups in total. The molecule has 0 heterocycles. The van der Waals surface area contributed by atoms with Crippen molar-refractivity contribution in [2.24, 2.45) is 0 Å². The smallest absolute Gasteiger partial charge is 0.131 e. The minimum Gasteiger partial charge on any atom is -0.496 e. The van der Waals surface area contributed by atoms with Crippen molar-refractivity contribution < 1.29 is 25.2 Å². The van der Waals surface area contributed by atoms with Gasteiger partial charge in [-0.15, -0.1) is 0 Å². The molecule has 0 aliphatic rings. The summed E-state index contributed by atoms with van der Waals surface area (Å²) in [7, 11) is 1.46. The molecule has 0 saturated heterocycles. The molecule has 0 atom stereocenters. The maximum Gasteiger partial charge on any atom is 0.131 e. The quantitative estimate of drug-likeness (QED) is 0.653. The monoisotopic (exact) mass is 354 g/mol. The van der Waals surface area contributed by atoms with Crippen molar-refractivity contribution in [1.29, 1.82) is 0 Å². The molecule has 1 aromatic rings. The number of hydrogen-bond acceptors (Lipinski definition) is 5. The fraction of sp³-hybridized carbons (Fsp3) is 0.700. The average molecular weight is 354 g/mol. The highest BCUT2D eigenvalue weighted by Gasteiger charge is 2.42. The molecule has 0 aliphatic carbocycles. The Morgan fingerprint density at radius 2 is 0.800 bits per heavy atom. The molecule has 5 nitrogen and oxygen atoms in total. The second-order valence-electron chi connectivity index (χ2n) is 8.89. The van der Waals surface area contributed by atoms with Gasteiger partial charge in [0.15, 0.2) is 0 Å². The van der Waals surface area contributed by atoms with Crippen molar-refractivity contribution in [2.45, 2.75) is 84.7 Å². The third kappa shape index (κ3) is 4.17.